The number of nitrogens with one attached hydrogen (secondary N) is 1. The number of hydrogen-bond donors (Lipinski definition) is 1. The molecule has 1 atom stereocenters. The van der Waals surface area contributed by atoms with Crippen LogP contribution in [0.25, 0.3) is 0 Å². The maximum absolute atomic E-state index is 3.10. The van der Waals surface area contributed by atoms with Crippen molar-refractivity contribution in [3.8, 4) is 11.8 Å². The van der Waals surface area contributed by atoms with Gasteiger partial charge >= 0.3 is 0 Å². The molecule has 0 radical (unpaired) electrons. The first-order valence-electron chi connectivity index (χ1n) is 3.66. The summed E-state index contributed by atoms with van der Waals surface area (Å²) in [5.74, 6) is 6.84. The molecule has 0 spiro atoms. The fourth-order valence-corrected chi connectivity index (χ4v) is 1.07. The van der Waals surface area contributed by atoms with Gasteiger partial charge in [0.2, 0.25) is 0 Å². The van der Waals surface area contributed by atoms with E-state index < -0.39 is 0 Å². The van der Waals surface area contributed by atoms with Gasteiger partial charge in [0.05, 0.1) is 0 Å². The molecule has 54 valence electrons. The molecule has 0 bridgehead atoms. The lowest BCUT2D eigenvalue weighted by Crippen LogP contribution is -2.06. The van der Waals surface area contributed by atoms with Gasteiger partial charge in [0.25, 0.3) is 0 Å². The summed E-state index contributed by atoms with van der Waals surface area (Å²) in [6.45, 7) is 2.22. The van der Waals surface area contributed by atoms with Crippen molar-refractivity contribution in [1.29, 1.82) is 0 Å². The topological polar surface area (TPSA) is 12.0 Å². The van der Waals surface area contributed by atoms with Gasteiger partial charge < -0.3 is 5.32 Å². The minimum absolute atomic E-state index is 0.647. The smallest absolute Gasteiger partial charge is 0.0319 e. The highest BCUT2D eigenvalue weighted by molar-refractivity contribution is 5.21. The fourth-order valence-electron chi connectivity index (χ4n) is 1.07. The van der Waals surface area contributed by atoms with Gasteiger partial charge in [-0.2, -0.15) is 0 Å². The molecular weight excluding hydrogens is 122 g/mol. The first kappa shape index (κ1) is 7.21. The largest absolute Gasteiger partial charge is 0.394 e. The van der Waals surface area contributed by atoms with E-state index >= 15 is 0 Å². The second-order valence-corrected chi connectivity index (χ2v) is 2.64. The van der Waals surface area contributed by atoms with Crippen molar-refractivity contribution in [2.45, 2.75) is 19.8 Å². The molecule has 0 saturated heterocycles. The summed E-state index contributed by atoms with van der Waals surface area (Å²) in [6, 6.07) is 0. The highest BCUT2D eigenvalue weighted by Gasteiger charge is 2.08. The van der Waals surface area contributed by atoms with E-state index in [1.807, 2.05) is 7.05 Å². The molecule has 0 amide bonds. The molecule has 1 N–H and O–H groups in total. The first-order valence-corrected chi connectivity index (χ1v) is 3.66. The number of hydrogen-bond acceptors (Lipinski definition) is 1. The predicted molar refractivity (Wildman–Crippen MR) is 43.3 cm³/mol. The normalized spacial score (nSPS) is 27.4. The van der Waals surface area contributed by atoms with Gasteiger partial charge in [-0.25, -0.2) is 0 Å². The fraction of sp³-hybridized carbons (Fsp3) is 0.556. The molecule has 1 nitrogen and oxygen atoms in total. The molecule has 0 saturated carbocycles. The van der Waals surface area contributed by atoms with E-state index in [1.54, 1.807) is 0 Å². The van der Waals surface area contributed by atoms with E-state index in [0.29, 0.717) is 5.92 Å². The Hall–Kier alpha value is -0.900. The second-order valence-electron chi connectivity index (χ2n) is 2.64. The summed E-state index contributed by atoms with van der Waals surface area (Å²) >= 11 is 0. The summed E-state index contributed by atoms with van der Waals surface area (Å²) in [4.78, 5) is 0. The van der Waals surface area contributed by atoms with E-state index in [2.05, 4.69) is 30.3 Å². The van der Waals surface area contributed by atoms with Crippen LogP contribution in [-0.2, 0) is 0 Å². The van der Waals surface area contributed by atoms with Crippen LogP contribution in [0.4, 0.5) is 0 Å². The van der Waals surface area contributed by atoms with Crippen LogP contribution in [0.2, 0.25) is 0 Å². The zero-order chi connectivity index (χ0) is 7.40. The van der Waals surface area contributed by atoms with Crippen molar-refractivity contribution in [2.75, 3.05) is 7.05 Å². The third-order valence-corrected chi connectivity index (χ3v) is 1.79. The average molecular weight is 135 g/mol. The molecule has 0 fully saturated rings. The molecule has 0 aromatic rings. The zero-order valence-electron chi connectivity index (χ0n) is 6.57. The lowest BCUT2D eigenvalue weighted by Gasteiger charge is -2.13. The maximum atomic E-state index is 3.10. The van der Waals surface area contributed by atoms with Crippen LogP contribution in [0.3, 0.4) is 0 Å². The lowest BCUT2D eigenvalue weighted by molar-refractivity contribution is 0.673. The molecular formula is C9H13N. The molecule has 1 aliphatic rings. The maximum Gasteiger partial charge on any atom is 0.0319 e. The molecule has 10 heavy (non-hydrogen) atoms. The third kappa shape index (κ3) is 1.54. The number of allylic oxidation sites excluding steroid dienone is 1. The minimum atomic E-state index is 0.647. The summed E-state index contributed by atoms with van der Waals surface area (Å²) < 4.78 is 0. The van der Waals surface area contributed by atoms with Gasteiger partial charge in [0, 0.05) is 19.9 Å². The van der Waals surface area contributed by atoms with Crippen LogP contribution in [-0.4, -0.2) is 7.05 Å². The summed E-state index contributed by atoms with van der Waals surface area (Å²) in [5.41, 5.74) is 1.43. The SMILES string of the molecule is CN/C=C1\CC#CCC1C. The highest BCUT2D eigenvalue weighted by atomic mass is 14.8. The zero-order valence-corrected chi connectivity index (χ0v) is 6.57. The Morgan fingerprint density at radius 1 is 1.60 bits per heavy atom. The Morgan fingerprint density at radius 3 is 3.00 bits per heavy atom. The molecule has 1 aliphatic carbocycles. The van der Waals surface area contributed by atoms with Crippen molar-refractivity contribution < 1.29 is 0 Å². The van der Waals surface area contributed by atoms with Gasteiger partial charge in [-0.15, -0.1) is 5.92 Å². The third-order valence-electron chi connectivity index (χ3n) is 1.79. The average Bonchev–Trinajstić information content (AvgIpc) is 1.94. The van der Waals surface area contributed by atoms with E-state index in [1.165, 1.54) is 5.57 Å². The van der Waals surface area contributed by atoms with Gasteiger partial charge in [-0.1, -0.05) is 12.8 Å². The van der Waals surface area contributed by atoms with E-state index in [-0.39, 0.29) is 0 Å². The van der Waals surface area contributed by atoms with Gasteiger partial charge in [0.15, 0.2) is 0 Å². The molecule has 1 rings (SSSR count). The summed E-state index contributed by atoms with van der Waals surface area (Å²) in [5, 5.41) is 3.04. The van der Waals surface area contributed by atoms with Gasteiger partial charge in [0.1, 0.15) is 0 Å². The predicted octanol–water partition coefficient (Wildman–Crippen LogP) is 1.52. The monoisotopic (exact) mass is 135 g/mol. The Bertz CT molecular complexity index is 193. The van der Waals surface area contributed by atoms with Crippen molar-refractivity contribution in [3.63, 3.8) is 0 Å². The van der Waals surface area contributed by atoms with Crippen LogP contribution < -0.4 is 5.32 Å². The molecule has 0 heterocycles. The summed E-state index contributed by atoms with van der Waals surface area (Å²) in [6.07, 6.45) is 4.04. The molecule has 0 aliphatic heterocycles. The van der Waals surface area contributed by atoms with Crippen molar-refractivity contribution in [2.24, 2.45) is 5.92 Å². The van der Waals surface area contributed by atoms with Crippen LogP contribution in [0.15, 0.2) is 11.8 Å². The van der Waals surface area contributed by atoms with Crippen LogP contribution in [0.1, 0.15) is 19.8 Å². The molecule has 0 aromatic heterocycles. The number of rotatable bonds is 1. The van der Waals surface area contributed by atoms with Crippen molar-refractivity contribution in [1.82, 2.24) is 5.32 Å². The van der Waals surface area contributed by atoms with Crippen LogP contribution >= 0.6 is 0 Å². The Kier molecular flexibility index (Phi) is 2.39. The first-order chi connectivity index (χ1) is 4.84. The Labute approximate surface area is 62.5 Å². The quantitative estimate of drug-likeness (QED) is 0.537. The molecule has 1 heteroatoms. The molecule has 1 unspecified atom stereocenters. The van der Waals surface area contributed by atoms with E-state index in [0.717, 1.165) is 12.8 Å². The van der Waals surface area contributed by atoms with Gasteiger partial charge in [-0.3, -0.25) is 0 Å². The standard InChI is InChI=1S/C9H13N/c1-8-5-3-4-6-9(8)7-10-2/h7-8,10H,5-6H2,1-2H3/b9-7+. The molecule has 0 aromatic carbocycles. The second kappa shape index (κ2) is 3.31. The van der Waals surface area contributed by atoms with E-state index in [4.69, 9.17) is 0 Å². The Morgan fingerprint density at radius 2 is 2.40 bits per heavy atom. The Balaban J connectivity index is 2.63. The van der Waals surface area contributed by atoms with Crippen LogP contribution in [0.5, 0.6) is 0 Å². The highest BCUT2D eigenvalue weighted by Crippen LogP contribution is 2.19. The lowest BCUT2D eigenvalue weighted by atomic mass is 9.93. The van der Waals surface area contributed by atoms with Crippen molar-refractivity contribution in [3.05, 3.63) is 11.8 Å². The minimum Gasteiger partial charge on any atom is -0.394 e. The van der Waals surface area contributed by atoms with Crippen molar-refractivity contribution >= 4 is 0 Å². The van der Waals surface area contributed by atoms with Gasteiger partial charge in [-0.05, 0) is 17.7 Å². The summed E-state index contributed by atoms with van der Waals surface area (Å²) in [7, 11) is 1.93. The van der Waals surface area contributed by atoms with Crippen LogP contribution in [0, 0.1) is 17.8 Å². The van der Waals surface area contributed by atoms with E-state index in [9.17, 15) is 0 Å².